The Morgan fingerprint density at radius 2 is 1.82 bits per heavy atom. The van der Waals surface area contributed by atoms with Crippen molar-refractivity contribution in [1.29, 1.82) is 0 Å². The second-order valence-corrected chi connectivity index (χ2v) is 6.95. The van der Waals surface area contributed by atoms with Gasteiger partial charge in [0.25, 0.3) is 5.91 Å². The molecule has 2 aromatic carbocycles. The van der Waals surface area contributed by atoms with Crippen LogP contribution in [0.25, 0.3) is 0 Å². The molecule has 3 rings (SSSR count). The third-order valence-corrected chi connectivity index (χ3v) is 4.32. The van der Waals surface area contributed by atoms with Crippen LogP contribution in [0.5, 0.6) is 0 Å². The van der Waals surface area contributed by atoms with Gasteiger partial charge in [-0.2, -0.15) is 0 Å². The van der Waals surface area contributed by atoms with Gasteiger partial charge in [-0.05, 0) is 50.6 Å². The van der Waals surface area contributed by atoms with E-state index in [1.165, 1.54) is 0 Å². The predicted molar refractivity (Wildman–Crippen MR) is 110 cm³/mol. The van der Waals surface area contributed by atoms with Crippen molar-refractivity contribution in [3.63, 3.8) is 0 Å². The summed E-state index contributed by atoms with van der Waals surface area (Å²) in [7, 11) is 0. The SMILES string of the molecule is CC(C)NC(=O)Nc1cccc(C(=O)Nc2ccccc2N2CCCC2=O)c1. The van der Waals surface area contributed by atoms with Crippen LogP contribution in [0, 0.1) is 0 Å². The molecule has 7 nitrogen and oxygen atoms in total. The van der Waals surface area contributed by atoms with E-state index in [1.807, 2.05) is 32.0 Å². The van der Waals surface area contributed by atoms with Crippen molar-refractivity contribution in [2.24, 2.45) is 0 Å². The molecule has 0 aliphatic carbocycles. The molecule has 146 valence electrons. The van der Waals surface area contributed by atoms with E-state index >= 15 is 0 Å². The molecular formula is C21H24N4O3. The fraction of sp³-hybridized carbons (Fsp3) is 0.286. The molecule has 3 N–H and O–H groups in total. The van der Waals surface area contributed by atoms with Crippen molar-refractivity contribution < 1.29 is 14.4 Å². The van der Waals surface area contributed by atoms with Crippen LogP contribution < -0.4 is 20.9 Å². The smallest absolute Gasteiger partial charge is 0.319 e. The number of nitrogens with one attached hydrogen (secondary N) is 3. The van der Waals surface area contributed by atoms with Crippen LogP contribution >= 0.6 is 0 Å². The van der Waals surface area contributed by atoms with Gasteiger partial charge in [0, 0.05) is 30.3 Å². The van der Waals surface area contributed by atoms with E-state index < -0.39 is 0 Å². The standard InChI is InChI=1S/C21H24N4O3/c1-14(2)22-21(28)23-16-8-5-7-15(13-16)20(27)24-17-9-3-4-10-18(17)25-12-6-11-19(25)26/h3-5,7-10,13-14H,6,11-12H2,1-2H3,(H,24,27)(H2,22,23,28). The van der Waals surface area contributed by atoms with Crippen molar-refractivity contribution in [2.75, 3.05) is 22.1 Å². The molecule has 0 bridgehead atoms. The number of para-hydroxylation sites is 2. The highest BCUT2D eigenvalue weighted by Gasteiger charge is 2.24. The topological polar surface area (TPSA) is 90.5 Å². The molecule has 0 saturated carbocycles. The number of nitrogens with zero attached hydrogens (tertiary/aromatic N) is 1. The fourth-order valence-electron chi connectivity index (χ4n) is 3.08. The Morgan fingerprint density at radius 1 is 1.04 bits per heavy atom. The van der Waals surface area contributed by atoms with Crippen molar-refractivity contribution in [1.82, 2.24) is 5.32 Å². The lowest BCUT2D eigenvalue weighted by atomic mass is 10.1. The third kappa shape index (κ3) is 4.68. The van der Waals surface area contributed by atoms with Crippen LogP contribution in [-0.2, 0) is 4.79 Å². The number of anilines is 3. The van der Waals surface area contributed by atoms with Gasteiger partial charge in [-0.15, -0.1) is 0 Å². The third-order valence-electron chi connectivity index (χ3n) is 4.32. The van der Waals surface area contributed by atoms with Gasteiger partial charge in [-0.3, -0.25) is 9.59 Å². The first-order valence-corrected chi connectivity index (χ1v) is 9.32. The molecular weight excluding hydrogens is 356 g/mol. The summed E-state index contributed by atoms with van der Waals surface area (Å²) in [5, 5.41) is 8.32. The summed E-state index contributed by atoms with van der Waals surface area (Å²) in [6, 6.07) is 13.6. The van der Waals surface area contributed by atoms with Crippen molar-refractivity contribution in [3.05, 3.63) is 54.1 Å². The maximum atomic E-state index is 12.7. The van der Waals surface area contributed by atoms with Crippen LogP contribution in [0.15, 0.2) is 48.5 Å². The zero-order valence-electron chi connectivity index (χ0n) is 16.0. The van der Waals surface area contributed by atoms with E-state index in [1.54, 1.807) is 35.2 Å². The maximum Gasteiger partial charge on any atom is 0.319 e. The number of hydrogen-bond acceptors (Lipinski definition) is 3. The molecule has 1 aliphatic rings. The molecule has 7 heteroatoms. The van der Waals surface area contributed by atoms with Gasteiger partial charge in [0.05, 0.1) is 11.4 Å². The van der Waals surface area contributed by atoms with Crippen molar-refractivity contribution in [3.8, 4) is 0 Å². The minimum absolute atomic E-state index is 0.0104. The summed E-state index contributed by atoms with van der Waals surface area (Å²) < 4.78 is 0. The van der Waals surface area contributed by atoms with E-state index in [-0.39, 0.29) is 23.9 Å². The number of rotatable bonds is 5. The molecule has 1 heterocycles. The monoisotopic (exact) mass is 380 g/mol. The molecule has 1 saturated heterocycles. The Labute approximate surface area is 164 Å². The van der Waals surface area contributed by atoms with Gasteiger partial charge in [-0.25, -0.2) is 4.79 Å². The van der Waals surface area contributed by atoms with Gasteiger partial charge in [0.15, 0.2) is 0 Å². The summed E-state index contributed by atoms with van der Waals surface area (Å²) in [6.07, 6.45) is 1.34. The average molecular weight is 380 g/mol. The number of benzene rings is 2. The Hall–Kier alpha value is -3.35. The predicted octanol–water partition coefficient (Wildman–Crippen LogP) is 3.60. The lowest BCUT2D eigenvalue weighted by Crippen LogP contribution is -2.34. The lowest BCUT2D eigenvalue weighted by Gasteiger charge is -2.20. The van der Waals surface area contributed by atoms with Gasteiger partial charge < -0.3 is 20.9 Å². The highest BCUT2D eigenvalue weighted by atomic mass is 16.2. The highest BCUT2D eigenvalue weighted by molar-refractivity contribution is 6.08. The molecule has 0 atom stereocenters. The second-order valence-electron chi connectivity index (χ2n) is 6.95. The Morgan fingerprint density at radius 3 is 2.54 bits per heavy atom. The highest BCUT2D eigenvalue weighted by Crippen LogP contribution is 2.29. The first-order chi connectivity index (χ1) is 13.4. The second kappa shape index (κ2) is 8.56. The van der Waals surface area contributed by atoms with Crippen LogP contribution in [0.2, 0.25) is 0 Å². The van der Waals surface area contributed by atoms with E-state index in [0.29, 0.717) is 35.6 Å². The molecule has 0 radical (unpaired) electrons. The fourth-order valence-corrected chi connectivity index (χ4v) is 3.08. The summed E-state index contributed by atoms with van der Waals surface area (Å²) in [5.41, 5.74) is 2.21. The number of urea groups is 1. The first-order valence-electron chi connectivity index (χ1n) is 9.32. The minimum Gasteiger partial charge on any atom is -0.336 e. The van der Waals surface area contributed by atoms with E-state index in [9.17, 15) is 14.4 Å². The summed E-state index contributed by atoms with van der Waals surface area (Å²) >= 11 is 0. The van der Waals surface area contributed by atoms with E-state index in [2.05, 4.69) is 16.0 Å². The van der Waals surface area contributed by atoms with Gasteiger partial charge in [0.1, 0.15) is 0 Å². The summed E-state index contributed by atoms with van der Waals surface area (Å²) in [5.74, 6) is -0.254. The number of carbonyl (C=O) groups is 3. The van der Waals surface area contributed by atoms with Crippen LogP contribution in [0.1, 0.15) is 37.0 Å². The zero-order valence-corrected chi connectivity index (χ0v) is 16.0. The lowest BCUT2D eigenvalue weighted by molar-refractivity contribution is -0.117. The van der Waals surface area contributed by atoms with E-state index in [4.69, 9.17) is 0 Å². The summed E-state index contributed by atoms with van der Waals surface area (Å²) in [4.78, 5) is 38.4. The van der Waals surface area contributed by atoms with Crippen LogP contribution in [-0.4, -0.2) is 30.4 Å². The van der Waals surface area contributed by atoms with Gasteiger partial charge in [0.2, 0.25) is 5.91 Å². The molecule has 0 spiro atoms. The van der Waals surface area contributed by atoms with E-state index in [0.717, 1.165) is 6.42 Å². The number of amides is 4. The molecule has 4 amide bonds. The zero-order chi connectivity index (χ0) is 20.1. The van der Waals surface area contributed by atoms with Gasteiger partial charge >= 0.3 is 6.03 Å². The van der Waals surface area contributed by atoms with Gasteiger partial charge in [-0.1, -0.05) is 18.2 Å². The Bertz CT molecular complexity index is 895. The van der Waals surface area contributed by atoms with Crippen molar-refractivity contribution in [2.45, 2.75) is 32.7 Å². The molecule has 0 aromatic heterocycles. The Kier molecular flexibility index (Phi) is 5.93. The van der Waals surface area contributed by atoms with Crippen LogP contribution in [0.3, 0.4) is 0 Å². The molecule has 0 unspecified atom stereocenters. The largest absolute Gasteiger partial charge is 0.336 e. The minimum atomic E-state index is -0.328. The quantitative estimate of drug-likeness (QED) is 0.740. The molecule has 28 heavy (non-hydrogen) atoms. The Balaban J connectivity index is 1.75. The number of hydrogen-bond donors (Lipinski definition) is 3. The summed E-state index contributed by atoms with van der Waals surface area (Å²) in [6.45, 7) is 4.38. The molecule has 1 aliphatic heterocycles. The normalized spacial score (nSPS) is 13.5. The number of carbonyl (C=O) groups excluding carboxylic acids is 3. The average Bonchev–Trinajstić information content (AvgIpc) is 3.07. The first kappa shape index (κ1) is 19.4. The molecule has 1 fully saturated rings. The molecule has 2 aromatic rings. The van der Waals surface area contributed by atoms with Crippen molar-refractivity contribution >= 4 is 34.9 Å². The van der Waals surface area contributed by atoms with Crippen LogP contribution in [0.4, 0.5) is 21.9 Å². The maximum absolute atomic E-state index is 12.7.